The zero-order valence-electron chi connectivity index (χ0n) is 14.1. The Morgan fingerprint density at radius 3 is 2.55 bits per heavy atom. The Bertz CT molecular complexity index is 378. The molecule has 2 atom stereocenters. The van der Waals surface area contributed by atoms with E-state index in [1.165, 1.54) is 25.8 Å². The number of amides is 1. The fourth-order valence-corrected chi connectivity index (χ4v) is 3.93. The number of carbonyl (C=O) groups is 1. The van der Waals surface area contributed by atoms with E-state index in [4.69, 9.17) is 4.74 Å². The lowest BCUT2D eigenvalue weighted by atomic mass is 9.88. The van der Waals surface area contributed by atoms with Gasteiger partial charge >= 0.3 is 0 Å². The minimum atomic E-state index is 0.282. The number of carbonyl (C=O) groups excluding carboxylic acids is 1. The highest BCUT2D eigenvalue weighted by Gasteiger charge is 2.35. The van der Waals surface area contributed by atoms with Crippen LogP contribution in [0, 0.1) is 11.8 Å². The molecule has 1 N–H and O–H groups in total. The van der Waals surface area contributed by atoms with Crippen molar-refractivity contribution >= 4 is 5.91 Å². The van der Waals surface area contributed by atoms with Crippen molar-refractivity contribution in [3.63, 3.8) is 0 Å². The van der Waals surface area contributed by atoms with Crippen LogP contribution < -0.4 is 5.32 Å². The number of likely N-dealkylation sites (N-methyl/N-ethyl adjacent to an activating group) is 1. The maximum atomic E-state index is 11.9. The summed E-state index contributed by atoms with van der Waals surface area (Å²) < 4.78 is 5.49. The minimum absolute atomic E-state index is 0.282. The standard InChI is InChI=1S/C17H31N3O2/c1-19(2)16-12-20(15-6-9-22-10-7-15)8-5-14(16)11-18-17(21)13-3-4-13/h13-16H,3-12H2,1-2H3,(H,18,21)/t14-,16-/m1/s1. The summed E-state index contributed by atoms with van der Waals surface area (Å²) in [6.45, 7) is 4.96. The summed E-state index contributed by atoms with van der Waals surface area (Å²) in [6.07, 6.45) is 5.70. The number of likely N-dealkylation sites (tertiary alicyclic amines) is 1. The molecule has 2 aliphatic heterocycles. The highest BCUT2D eigenvalue weighted by Crippen LogP contribution is 2.29. The average molecular weight is 309 g/mol. The lowest BCUT2D eigenvalue weighted by molar-refractivity contribution is -0.122. The summed E-state index contributed by atoms with van der Waals surface area (Å²) in [6, 6.07) is 1.23. The first-order chi connectivity index (χ1) is 10.6. The third kappa shape index (κ3) is 4.00. The van der Waals surface area contributed by atoms with E-state index in [1.54, 1.807) is 0 Å². The molecule has 1 aliphatic carbocycles. The fourth-order valence-electron chi connectivity index (χ4n) is 3.93. The van der Waals surface area contributed by atoms with Gasteiger partial charge in [0, 0.05) is 44.3 Å². The molecule has 126 valence electrons. The van der Waals surface area contributed by atoms with E-state index in [0.717, 1.165) is 39.1 Å². The number of hydrogen-bond donors (Lipinski definition) is 1. The summed E-state index contributed by atoms with van der Waals surface area (Å²) in [5, 5.41) is 3.19. The normalized spacial score (nSPS) is 31.4. The Morgan fingerprint density at radius 1 is 1.18 bits per heavy atom. The van der Waals surface area contributed by atoms with Crippen LogP contribution in [0.3, 0.4) is 0 Å². The monoisotopic (exact) mass is 309 g/mol. The van der Waals surface area contributed by atoms with Gasteiger partial charge in [0.25, 0.3) is 0 Å². The maximum Gasteiger partial charge on any atom is 0.223 e. The molecule has 2 heterocycles. The highest BCUT2D eigenvalue weighted by molar-refractivity contribution is 5.80. The number of nitrogens with zero attached hydrogens (tertiary/aromatic N) is 2. The van der Waals surface area contributed by atoms with Crippen molar-refractivity contribution in [2.45, 2.75) is 44.2 Å². The smallest absolute Gasteiger partial charge is 0.223 e. The minimum Gasteiger partial charge on any atom is -0.381 e. The Hall–Kier alpha value is -0.650. The molecule has 0 spiro atoms. The molecule has 5 nitrogen and oxygen atoms in total. The van der Waals surface area contributed by atoms with Gasteiger partial charge in [0.15, 0.2) is 0 Å². The Kier molecular flexibility index (Phi) is 5.37. The molecule has 0 aromatic heterocycles. The number of ether oxygens (including phenoxy) is 1. The van der Waals surface area contributed by atoms with Crippen LogP contribution >= 0.6 is 0 Å². The first-order valence-electron chi connectivity index (χ1n) is 8.91. The first kappa shape index (κ1) is 16.2. The predicted molar refractivity (Wildman–Crippen MR) is 86.7 cm³/mol. The third-order valence-electron chi connectivity index (χ3n) is 5.61. The Morgan fingerprint density at radius 2 is 1.91 bits per heavy atom. The van der Waals surface area contributed by atoms with Crippen LogP contribution in [0.2, 0.25) is 0 Å². The Balaban J connectivity index is 1.52. The predicted octanol–water partition coefficient (Wildman–Crippen LogP) is 0.944. The van der Waals surface area contributed by atoms with Crippen LogP contribution in [0.5, 0.6) is 0 Å². The Labute approximate surface area is 134 Å². The number of hydrogen-bond acceptors (Lipinski definition) is 4. The quantitative estimate of drug-likeness (QED) is 0.821. The number of piperidine rings is 1. The van der Waals surface area contributed by atoms with Crippen molar-refractivity contribution in [1.29, 1.82) is 0 Å². The molecule has 1 amide bonds. The van der Waals surface area contributed by atoms with Crippen molar-refractivity contribution < 1.29 is 9.53 Å². The van der Waals surface area contributed by atoms with Crippen LogP contribution in [0.4, 0.5) is 0 Å². The molecular formula is C17H31N3O2. The molecule has 3 rings (SSSR count). The topological polar surface area (TPSA) is 44.8 Å². The molecular weight excluding hydrogens is 278 g/mol. The number of nitrogens with one attached hydrogen (secondary N) is 1. The van der Waals surface area contributed by atoms with E-state index < -0.39 is 0 Å². The molecule has 0 radical (unpaired) electrons. The van der Waals surface area contributed by atoms with Gasteiger partial charge in [0.05, 0.1) is 0 Å². The summed E-state index contributed by atoms with van der Waals surface area (Å²) in [5.74, 6) is 1.18. The zero-order chi connectivity index (χ0) is 15.5. The van der Waals surface area contributed by atoms with Crippen molar-refractivity contribution in [2.75, 3.05) is 46.9 Å². The summed E-state index contributed by atoms with van der Waals surface area (Å²) in [4.78, 5) is 16.9. The van der Waals surface area contributed by atoms with Crippen molar-refractivity contribution in [1.82, 2.24) is 15.1 Å². The van der Waals surface area contributed by atoms with Gasteiger partial charge in [0.1, 0.15) is 0 Å². The van der Waals surface area contributed by atoms with Gasteiger partial charge in [-0.3, -0.25) is 9.69 Å². The molecule has 5 heteroatoms. The summed E-state index contributed by atoms with van der Waals surface area (Å²) >= 11 is 0. The van der Waals surface area contributed by atoms with E-state index in [2.05, 4.69) is 29.2 Å². The van der Waals surface area contributed by atoms with Crippen molar-refractivity contribution in [3.05, 3.63) is 0 Å². The van der Waals surface area contributed by atoms with E-state index in [9.17, 15) is 4.79 Å². The molecule has 0 bridgehead atoms. The first-order valence-corrected chi connectivity index (χ1v) is 8.91. The van der Waals surface area contributed by atoms with E-state index in [1.807, 2.05) is 0 Å². The molecule has 2 saturated heterocycles. The average Bonchev–Trinajstić information content (AvgIpc) is 3.38. The SMILES string of the molecule is CN(C)[C@@H]1CN(C2CCOCC2)CC[C@@H]1CNC(=O)C1CC1. The van der Waals surface area contributed by atoms with E-state index in [-0.39, 0.29) is 5.91 Å². The second kappa shape index (κ2) is 7.28. The summed E-state index contributed by atoms with van der Waals surface area (Å²) in [7, 11) is 4.35. The van der Waals surface area contributed by atoms with Gasteiger partial charge in [-0.2, -0.15) is 0 Å². The highest BCUT2D eigenvalue weighted by atomic mass is 16.5. The van der Waals surface area contributed by atoms with Gasteiger partial charge in [-0.05, 0) is 58.7 Å². The lowest BCUT2D eigenvalue weighted by Crippen LogP contribution is -2.56. The second-order valence-electron chi connectivity index (χ2n) is 7.44. The molecule has 3 aliphatic rings. The molecule has 1 saturated carbocycles. The number of rotatable bonds is 5. The van der Waals surface area contributed by atoms with Gasteiger partial charge in [-0.1, -0.05) is 0 Å². The molecule has 0 aromatic rings. The van der Waals surface area contributed by atoms with Crippen molar-refractivity contribution in [2.24, 2.45) is 11.8 Å². The van der Waals surface area contributed by atoms with Gasteiger partial charge in [0.2, 0.25) is 5.91 Å². The molecule has 0 unspecified atom stereocenters. The second-order valence-corrected chi connectivity index (χ2v) is 7.44. The molecule has 0 aromatic carbocycles. The van der Waals surface area contributed by atoms with Gasteiger partial charge in [-0.15, -0.1) is 0 Å². The third-order valence-corrected chi connectivity index (χ3v) is 5.61. The van der Waals surface area contributed by atoms with Crippen LogP contribution in [0.25, 0.3) is 0 Å². The lowest BCUT2D eigenvalue weighted by Gasteiger charge is -2.45. The van der Waals surface area contributed by atoms with Crippen LogP contribution in [-0.4, -0.2) is 74.7 Å². The largest absolute Gasteiger partial charge is 0.381 e. The van der Waals surface area contributed by atoms with E-state index >= 15 is 0 Å². The summed E-state index contributed by atoms with van der Waals surface area (Å²) in [5.41, 5.74) is 0. The fraction of sp³-hybridized carbons (Fsp3) is 0.941. The zero-order valence-corrected chi connectivity index (χ0v) is 14.1. The van der Waals surface area contributed by atoms with Crippen LogP contribution in [0.1, 0.15) is 32.1 Å². The van der Waals surface area contributed by atoms with E-state index in [0.29, 0.717) is 23.9 Å². The van der Waals surface area contributed by atoms with Crippen molar-refractivity contribution in [3.8, 4) is 0 Å². The molecule has 3 fully saturated rings. The maximum absolute atomic E-state index is 11.9. The van der Waals surface area contributed by atoms with Crippen LogP contribution in [0.15, 0.2) is 0 Å². The van der Waals surface area contributed by atoms with Gasteiger partial charge in [-0.25, -0.2) is 0 Å². The van der Waals surface area contributed by atoms with Gasteiger partial charge < -0.3 is 15.0 Å². The van der Waals surface area contributed by atoms with Crippen LogP contribution in [-0.2, 0) is 9.53 Å². The molecule has 22 heavy (non-hydrogen) atoms.